The van der Waals surface area contributed by atoms with Crippen molar-refractivity contribution in [3.63, 3.8) is 0 Å². The molecule has 0 saturated carbocycles. The normalized spacial score (nSPS) is 10.8. The first-order valence-electron chi connectivity index (χ1n) is 8.14. The number of benzene rings is 1. The van der Waals surface area contributed by atoms with Gasteiger partial charge in [-0.05, 0) is 51.0 Å². The molecule has 2 nitrogen and oxygen atoms in total. The molecule has 0 amide bonds. The Morgan fingerprint density at radius 2 is 1.75 bits per heavy atom. The van der Waals surface area contributed by atoms with Gasteiger partial charge in [-0.3, -0.25) is 0 Å². The SMILES string of the molecule is CCCCCCCCNc1ccc(OC(C)C)cc1C. The maximum absolute atomic E-state index is 5.70. The van der Waals surface area contributed by atoms with E-state index in [9.17, 15) is 0 Å². The van der Waals surface area contributed by atoms with Crippen LogP contribution >= 0.6 is 0 Å². The Kier molecular flexibility index (Phi) is 8.17. The van der Waals surface area contributed by atoms with Gasteiger partial charge >= 0.3 is 0 Å². The van der Waals surface area contributed by atoms with Crippen LogP contribution in [0.4, 0.5) is 5.69 Å². The van der Waals surface area contributed by atoms with Gasteiger partial charge in [-0.1, -0.05) is 39.0 Å². The first-order chi connectivity index (χ1) is 9.63. The Hall–Kier alpha value is -1.18. The van der Waals surface area contributed by atoms with E-state index in [4.69, 9.17) is 4.74 Å². The zero-order chi connectivity index (χ0) is 14.8. The summed E-state index contributed by atoms with van der Waals surface area (Å²) in [5.41, 5.74) is 2.49. The predicted molar refractivity (Wildman–Crippen MR) is 88.8 cm³/mol. The summed E-state index contributed by atoms with van der Waals surface area (Å²) >= 11 is 0. The van der Waals surface area contributed by atoms with Crippen LogP contribution in [-0.4, -0.2) is 12.6 Å². The second-order valence-electron chi connectivity index (χ2n) is 5.84. The van der Waals surface area contributed by atoms with Gasteiger partial charge in [0.2, 0.25) is 0 Å². The van der Waals surface area contributed by atoms with Crippen molar-refractivity contribution in [2.45, 2.75) is 72.3 Å². The monoisotopic (exact) mass is 277 g/mol. The van der Waals surface area contributed by atoms with Crippen LogP contribution in [0.15, 0.2) is 18.2 Å². The number of unbranched alkanes of at least 4 members (excludes halogenated alkanes) is 5. The van der Waals surface area contributed by atoms with Gasteiger partial charge in [-0.2, -0.15) is 0 Å². The van der Waals surface area contributed by atoms with Crippen LogP contribution in [0.3, 0.4) is 0 Å². The Morgan fingerprint density at radius 1 is 1.05 bits per heavy atom. The topological polar surface area (TPSA) is 21.3 Å². The van der Waals surface area contributed by atoms with Crippen LogP contribution in [0.5, 0.6) is 5.75 Å². The van der Waals surface area contributed by atoms with Gasteiger partial charge in [0, 0.05) is 12.2 Å². The molecular weight excluding hydrogens is 246 g/mol. The molecule has 0 radical (unpaired) electrons. The fourth-order valence-corrected chi connectivity index (χ4v) is 2.31. The highest BCUT2D eigenvalue weighted by Crippen LogP contribution is 2.22. The van der Waals surface area contributed by atoms with E-state index in [-0.39, 0.29) is 6.10 Å². The highest BCUT2D eigenvalue weighted by Gasteiger charge is 2.02. The van der Waals surface area contributed by atoms with E-state index < -0.39 is 0 Å². The van der Waals surface area contributed by atoms with E-state index in [0.29, 0.717) is 0 Å². The Labute approximate surface area is 124 Å². The molecule has 0 aliphatic carbocycles. The lowest BCUT2D eigenvalue weighted by atomic mass is 10.1. The molecule has 0 unspecified atom stereocenters. The second kappa shape index (κ2) is 9.68. The molecule has 1 aromatic carbocycles. The molecule has 20 heavy (non-hydrogen) atoms. The molecule has 0 aliphatic rings. The van der Waals surface area contributed by atoms with Gasteiger partial charge in [0.15, 0.2) is 0 Å². The Morgan fingerprint density at radius 3 is 2.40 bits per heavy atom. The fraction of sp³-hybridized carbons (Fsp3) is 0.667. The third kappa shape index (κ3) is 6.83. The molecule has 0 spiro atoms. The van der Waals surface area contributed by atoms with Gasteiger partial charge in [-0.15, -0.1) is 0 Å². The standard InChI is InChI=1S/C18H31NO/c1-5-6-7-8-9-10-13-19-18-12-11-17(14-16(18)4)20-15(2)3/h11-12,14-15,19H,5-10,13H2,1-4H3. The second-order valence-corrected chi connectivity index (χ2v) is 5.84. The minimum Gasteiger partial charge on any atom is -0.491 e. The summed E-state index contributed by atoms with van der Waals surface area (Å²) in [5, 5.41) is 3.53. The van der Waals surface area contributed by atoms with Crippen LogP contribution < -0.4 is 10.1 Å². The molecule has 0 saturated heterocycles. The minimum atomic E-state index is 0.233. The van der Waals surface area contributed by atoms with Gasteiger partial charge in [0.1, 0.15) is 5.75 Å². The fourth-order valence-electron chi connectivity index (χ4n) is 2.31. The lowest BCUT2D eigenvalue weighted by Crippen LogP contribution is -2.07. The van der Waals surface area contributed by atoms with E-state index in [1.165, 1.54) is 49.8 Å². The van der Waals surface area contributed by atoms with E-state index in [0.717, 1.165) is 12.3 Å². The molecule has 0 atom stereocenters. The number of hydrogen-bond acceptors (Lipinski definition) is 2. The Bertz CT molecular complexity index is 374. The summed E-state index contributed by atoms with van der Waals surface area (Å²) < 4.78 is 5.70. The molecule has 0 aromatic heterocycles. The van der Waals surface area contributed by atoms with E-state index in [1.54, 1.807) is 0 Å². The number of rotatable bonds is 10. The summed E-state index contributed by atoms with van der Waals surface area (Å²) in [5.74, 6) is 0.961. The van der Waals surface area contributed by atoms with Crippen molar-refractivity contribution in [2.75, 3.05) is 11.9 Å². The van der Waals surface area contributed by atoms with Crippen molar-refractivity contribution >= 4 is 5.69 Å². The zero-order valence-corrected chi connectivity index (χ0v) is 13.7. The highest BCUT2D eigenvalue weighted by molar-refractivity contribution is 5.53. The molecule has 2 heteroatoms. The number of ether oxygens (including phenoxy) is 1. The van der Waals surface area contributed by atoms with Crippen LogP contribution in [0, 0.1) is 6.92 Å². The van der Waals surface area contributed by atoms with Gasteiger partial charge < -0.3 is 10.1 Å². The van der Waals surface area contributed by atoms with Gasteiger partial charge in [0.25, 0.3) is 0 Å². The van der Waals surface area contributed by atoms with E-state index >= 15 is 0 Å². The molecular formula is C18H31NO. The number of hydrogen-bond donors (Lipinski definition) is 1. The average Bonchev–Trinajstić information content (AvgIpc) is 2.39. The summed E-state index contributed by atoms with van der Waals surface area (Å²) in [7, 11) is 0. The first kappa shape index (κ1) is 16.9. The predicted octanol–water partition coefficient (Wildman–Crippen LogP) is 5.55. The number of nitrogens with one attached hydrogen (secondary N) is 1. The third-order valence-electron chi connectivity index (χ3n) is 3.42. The molecule has 1 rings (SSSR count). The van der Waals surface area contributed by atoms with Gasteiger partial charge in [-0.25, -0.2) is 0 Å². The van der Waals surface area contributed by atoms with Crippen LogP contribution in [0.2, 0.25) is 0 Å². The lowest BCUT2D eigenvalue weighted by molar-refractivity contribution is 0.242. The van der Waals surface area contributed by atoms with Gasteiger partial charge in [0.05, 0.1) is 6.10 Å². The maximum Gasteiger partial charge on any atom is 0.120 e. The molecule has 114 valence electrons. The summed E-state index contributed by atoms with van der Waals surface area (Å²) in [6.07, 6.45) is 8.28. The van der Waals surface area contributed by atoms with Crippen LogP contribution in [0.25, 0.3) is 0 Å². The van der Waals surface area contributed by atoms with Crippen molar-refractivity contribution in [2.24, 2.45) is 0 Å². The van der Waals surface area contributed by atoms with Crippen molar-refractivity contribution in [1.82, 2.24) is 0 Å². The summed E-state index contributed by atoms with van der Waals surface area (Å²) in [4.78, 5) is 0. The smallest absolute Gasteiger partial charge is 0.120 e. The molecule has 1 aromatic rings. The van der Waals surface area contributed by atoms with Crippen LogP contribution in [0.1, 0.15) is 64.9 Å². The first-order valence-corrected chi connectivity index (χ1v) is 8.14. The van der Waals surface area contributed by atoms with Crippen LogP contribution in [-0.2, 0) is 0 Å². The molecule has 0 heterocycles. The molecule has 0 bridgehead atoms. The van der Waals surface area contributed by atoms with E-state index in [2.05, 4.69) is 51.2 Å². The molecule has 1 N–H and O–H groups in total. The Balaban J connectivity index is 2.26. The minimum absolute atomic E-state index is 0.233. The molecule has 0 aliphatic heterocycles. The van der Waals surface area contributed by atoms with Crippen molar-refractivity contribution in [3.8, 4) is 5.75 Å². The summed E-state index contributed by atoms with van der Waals surface area (Å²) in [6, 6.07) is 6.30. The highest BCUT2D eigenvalue weighted by atomic mass is 16.5. The molecule has 0 fully saturated rings. The maximum atomic E-state index is 5.70. The summed E-state index contributed by atoms with van der Waals surface area (Å²) in [6.45, 7) is 9.57. The average molecular weight is 277 g/mol. The quantitative estimate of drug-likeness (QED) is 0.566. The van der Waals surface area contributed by atoms with Crippen molar-refractivity contribution in [3.05, 3.63) is 23.8 Å². The van der Waals surface area contributed by atoms with Crippen molar-refractivity contribution < 1.29 is 4.74 Å². The van der Waals surface area contributed by atoms with Crippen molar-refractivity contribution in [1.29, 1.82) is 0 Å². The number of aryl methyl sites for hydroxylation is 1. The zero-order valence-electron chi connectivity index (χ0n) is 13.7. The third-order valence-corrected chi connectivity index (χ3v) is 3.42. The van der Waals surface area contributed by atoms with E-state index in [1.807, 2.05) is 0 Å². The number of anilines is 1. The largest absolute Gasteiger partial charge is 0.491 e. The lowest BCUT2D eigenvalue weighted by Gasteiger charge is -2.13.